The number of hydrogen-bond acceptors (Lipinski definition) is 4. The van der Waals surface area contributed by atoms with E-state index in [0.717, 1.165) is 21.8 Å². The third-order valence-electron chi connectivity index (χ3n) is 4.47. The number of nitrogens with zero attached hydrogens (tertiary/aromatic N) is 1. The second kappa shape index (κ2) is 5.92. The van der Waals surface area contributed by atoms with Gasteiger partial charge in [0.15, 0.2) is 5.60 Å². The highest BCUT2D eigenvalue weighted by molar-refractivity contribution is 5.72. The zero-order chi connectivity index (χ0) is 17.4. The molecule has 0 aliphatic carbocycles. The summed E-state index contributed by atoms with van der Waals surface area (Å²) < 4.78 is 11.2. The van der Waals surface area contributed by atoms with Crippen molar-refractivity contribution in [1.29, 1.82) is 0 Å². The van der Waals surface area contributed by atoms with Crippen LogP contribution in [0.5, 0.6) is 0 Å². The number of carbonyl (C=O) groups excluding carboxylic acids is 1. The molecule has 1 fully saturated rings. The maximum atomic E-state index is 12.2. The van der Waals surface area contributed by atoms with Gasteiger partial charge in [-0.05, 0) is 25.0 Å². The quantitative estimate of drug-likeness (QED) is 0.853. The molecule has 126 valence electrons. The van der Waals surface area contributed by atoms with Crippen LogP contribution in [0.25, 0.3) is 11.1 Å². The van der Waals surface area contributed by atoms with E-state index in [0.29, 0.717) is 0 Å². The smallest absolute Gasteiger partial charge is 0.436 e. The van der Waals surface area contributed by atoms with Gasteiger partial charge < -0.3 is 9.47 Å². The van der Waals surface area contributed by atoms with E-state index in [1.54, 1.807) is 21.0 Å². The number of carbonyl (C=O) groups is 1. The summed E-state index contributed by atoms with van der Waals surface area (Å²) in [7, 11) is 2.97. The fourth-order valence-electron chi connectivity index (χ4n) is 3.34. The average molecular weight is 327 g/mol. The Balaban J connectivity index is 2.07. The maximum absolute atomic E-state index is 12.2. The van der Waals surface area contributed by atoms with Gasteiger partial charge in [-0.2, -0.15) is 0 Å². The van der Waals surface area contributed by atoms with Crippen LogP contribution in [0, 0.1) is 0 Å². The summed E-state index contributed by atoms with van der Waals surface area (Å²) >= 11 is 0. The normalized spacial score (nSPS) is 22.5. The average Bonchev–Trinajstić information content (AvgIpc) is 2.80. The van der Waals surface area contributed by atoms with E-state index >= 15 is 0 Å². The molecule has 1 heterocycles. The van der Waals surface area contributed by atoms with Gasteiger partial charge in [-0.3, -0.25) is 4.84 Å². The number of amides is 1. The van der Waals surface area contributed by atoms with E-state index in [9.17, 15) is 4.79 Å². The van der Waals surface area contributed by atoms with Gasteiger partial charge in [0.2, 0.25) is 5.72 Å². The van der Waals surface area contributed by atoms with E-state index in [4.69, 9.17) is 14.3 Å². The number of hydroxylamine groups is 2. The minimum atomic E-state index is -1.16. The fourth-order valence-corrected chi connectivity index (χ4v) is 3.34. The Bertz CT molecular complexity index is 727. The van der Waals surface area contributed by atoms with Crippen molar-refractivity contribution in [3.63, 3.8) is 0 Å². The zero-order valence-corrected chi connectivity index (χ0v) is 14.3. The second-order valence-electron chi connectivity index (χ2n) is 6.15. The van der Waals surface area contributed by atoms with E-state index in [1.165, 1.54) is 7.11 Å². The first-order chi connectivity index (χ1) is 11.5. The lowest BCUT2D eigenvalue weighted by Gasteiger charge is -2.40. The molecule has 2 aromatic rings. The molecular formula is C19H21NO4. The summed E-state index contributed by atoms with van der Waals surface area (Å²) in [6.07, 6.45) is -0.573. The van der Waals surface area contributed by atoms with Crippen molar-refractivity contribution >= 4 is 6.09 Å². The number of cyclic esters (lactones) is 1. The summed E-state index contributed by atoms with van der Waals surface area (Å²) in [4.78, 5) is 17.4. The van der Waals surface area contributed by atoms with Crippen LogP contribution in [-0.2, 0) is 20.0 Å². The molecule has 0 radical (unpaired) electrons. The first-order valence-electron chi connectivity index (χ1n) is 7.74. The molecule has 1 atom stereocenters. The number of rotatable bonds is 4. The van der Waals surface area contributed by atoms with Gasteiger partial charge in [-0.15, -0.1) is 5.06 Å². The lowest BCUT2D eigenvalue weighted by Crippen LogP contribution is -2.54. The van der Waals surface area contributed by atoms with Gasteiger partial charge in [0.05, 0.1) is 7.11 Å². The summed E-state index contributed by atoms with van der Waals surface area (Å²) in [5.41, 5.74) is 0.911. The zero-order valence-electron chi connectivity index (χ0n) is 14.3. The lowest BCUT2D eigenvalue weighted by atomic mass is 9.87. The minimum absolute atomic E-state index is 0.573. The molecule has 0 bridgehead atoms. The summed E-state index contributed by atoms with van der Waals surface area (Å²) in [6.45, 7) is 3.61. The van der Waals surface area contributed by atoms with Crippen LogP contribution < -0.4 is 0 Å². The Labute approximate surface area is 141 Å². The predicted octanol–water partition coefficient (Wildman–Crippen LogP) is 3.95. The summed E-state index contributed by atoms with van der Waals surface area (Å²) in [6, 6.07) is 17.9. The standard InChI is InChI=1S/C19H21NO4/c1-18(2)19(22-3,20(23-4)17(21)24-18)16-12-10-15(11-13-16)14-8-6-5-7-9-14/h5-13H,1-4H3. The van der Waals surface area contributed by atoms with Crippen LogP contribution in [-0.4, -0.2) is 31.0 Å². The molecule has 1 aliphatic heterocycles. The molecule has 3 rings (SSSR count). The largest absolute Gasteiger partial charge is 0.437 e. The Morgan fingerprint density at radius 1 is 0.917 bits per heavy atom. The van der Waals surface area contributed by atoms with Crippen molar-refractivity contribution in [3.05, 3.63) is 60.2 Å². The molecule has 1 amide bonds. The molecule has 2 aromatic carbocycles. The van der Waals surface area contributed by atoms with Crippen molar-refractivity contribution in [1.82, 2.24) is 5.06 Å². The highest BCUT2D eigenvalue weighted by Crippen LogP contribution is 2.47. The highest BCUT2D eigenvalue weighted by Gasteiger charge is 2.63. The van der Waals surface area contributed by atoms with Gasteiger partial charge in [-0.25, -0.2) is 4.79 Å². The first-order valence-corrected chi connectivity index (χ1v) is 7.74. The predicted molar refractivity (Wildman–Crippen MR) is 90.0 cm³/mol. The topological polar surface area (TPSA) is 48.0 Å². The van der Waals surface area contributed by atoms with Crippen molar-refractivity contribution in [3.8, 4) is 11.1 Å². The Hall–Kier alpha value is -2.37. The second-order valence-corrected chi connectivity index (χ2v) is 6.15. The summed E-state index contributed by atoms with van der Waals surface area (Å²) in [5, 5.41) is 1.14. The fraction of sp³-hybridized carbons (Fsp3) is 0.316. The van der Waals surface area contributed by atoms with E-state index in [1.807, 2.05) is 42.5 Å². The molecule has 5 nitrogen and oxygen atoms in total. The van der Waals surface area contributed by atoms with Crippen LogP contribution in [0.2, 0.25) is 0 Å². The van der Waals surface area contributed by atoms with Gasteiger partial charge >= 0.3 is 6.09 Å². The number of hydrogen-bond donors (Lipinski definition) is 0. The van der Waals surface area contributed by atoms with Gasteiger partial charge in [0.1, 0.15) is 0 Å². The Morgan fingerprint density at radius 3 is 2.04 bits per heavy atom. The van der Waals surface area contributed by atoms with Crippen LogP contribution in [0.4, 0.5) is 4.79 Å². The summed E-state index contributed by atoms with van der Waals surface area (Å²) in [5.74, 6) is 0. The maximum Gasteiger partial charge on any atom is 0.437 e. The molecule has 1 unspecified atom stereocenters. The van der Waals surface area contributed by atoms with E-state index in [2.05, 4.69) is 12.1 Å². The molecule has 0 aromatic heterocycles. The third-order valence-corrected chi connectivity index (χ3v) is 4.47. The molecule has 0 spiro atoms. The van der Waals surface area contributed by atoms with Crippen LogP contribution in [0.3, 0.4) is 0 Å². The SMILES string of the molecule is CON1C(=O)OC(C)(C)C1(OC)c1ccc(-c2ccccc2)cc1. The first kappa shape index (κ1) is 16.5. The molecular weight excluding hydrogens is 306 g/mol. The number of benzene rings is 2. The number of methoxy groups -OCH3 is 1. The molecule has 0 N–H and O–H groups in total. The van der Waals surface area contributed by atoms with E-state index in [-0.39, 0.29) is 0 Å². The van der Waals surface area contributed by atoms with Crippen molar-refractivity contribution in [2.75, 3.05) is 14.2 Å². The molecule has 5 heteroatoms. The van der Waals surface area contributed by atoms with Crippen LogP contribution in [0.1, 0.15) is 19.4 Å². The Kier molecular flexibility index (Phi) is 4.07. The van der Waals surface area contributed by atoms with Crippen LogP contribution >= 0.6 is 0 Å². The molecule has 0 saturated carbocycles. The van der Waals surface area contributed by atoms with Gasteiger partial charge in [0, 0.05) is 12.7 Å². The monoisotopic (exact) mass is 327 g/mol. The molecule has 24 heavy (non-hydrogen) atoms. The molecule has 1 aliphatic rings. The number of ether oxygens (including phenoxy) is 2. The van der Waals surface area contributed by atoms with Crippen molar-refractivity contribution < 1.29 is 19.1 Å². The minimum Gasteiger partial charge on any atom is -0.436 e. The lowest BCUT2D eigenvalue weighted by molar-refractivity contribution is -0.273. The van der Waals surface area contributed by atoms with Crippen molar-refractivity contribution in [2.24, 2.45) is 0 Å². The van der Waals surface area contributed by atoms with Gasteiger partial charge in [0.25, 0.3) is 0 Å². The highest BCUT2D eigenvalue weighted by atomic mass is 16.8. The van der Waals surface area contributed by atoms with E-state index < -0.39 is 17.4 Å². The van der Waals surface area contributed by atoms with Crippen LogP contribution in [0.15, 0.2) is 54.6 Å². The van der Waals surface area contributed by atoms with Crippen molar-refractivity contribution in [2.45, 2.75) is 25.2 Å². The Morgan fingerprint density at radius 2 is 1.50 bits per heavy atom. The van der Waals surface area contributed by atoms with Gasteiger partial charge in [-0.1, -0.05) is 54.6 Å². The molecule has 1 saturated heterocycles. The third kappa shape index (κ3) is 2.28.